The van der Waals surface area contributed by atoms with E-state index in [0.29, 0.717) is 0 Å². The van der Waals surface area contributed by atoms with E-state index in [2.05, 4.69) is 18.0 Å². The molecule has 0 aliphatic heterocycles. The minimum atomic E-state index is 0.281. The van der Waals surface area contributed by atoms with Gasteiger partial charge < -0.3 is 10.7 Å². The molecule has 1 atom stereocenters. The van der Waals surface area contributed by atoms with Crippen LogP contribution in [0.2, 0.25) is 5.02 Å². The summed E-state index contributed by atoms with van der Waals surface area (Å²) in [5, 5.41) is 2.03. The van der Waals surface area contributed by atoms with E-state index in [4.69, 9.17) is 17.3 Å². The Hall–Kier alpha value is -0.990. The highest BCUT2D eigenvalue weighted by Crippen LogP contribution is 2.34. The van der Waals surface area contributed by atoms with Crippen LogP contribution >= 0.6 is 11.6 Å². The molecule has 16 heavy (non-hydrogen) atoms. The number of H-pyrrole nitrogens is 1. The van der Waals surface area contributed by atoms with Gasteiger partial charge in [-0.1, -0.05) is 17.7 Å². The van der Waals surface area contributed by atoms with Crippen molar-refractivity contribution in [1.29, 1.82) is 0 Å². The first-order chi connectivity index (χ1) is 7.66. The lowest BCUT2D eigenvalue weighted by Gasteiger charge is -2.18. The van der Waals surface area contributed by atoms with Crippen LogP contribution in [0.4, 0.5) is 0 Å². The van der Waals surface area contributed by atoms with Crippen LogP contribution in [0, 0.1) is 6.92 Å². The van der Waals surface area contributed by atoms with E-state index in [9.17, 15) is 0 Å². The number of rotatable bonds is 0. The van der Waals surface area contributed by atoms with Crippen LogP contribution in [0.5, 0.6) is 0 Å². The smallest absolute Gasteiger partial charge is 0.0503 e. The van der Waals surface area contributed by atoms with Crippen molar-refractivity contribution < 1.29 is 0 Å². The Balaban J connectivity index is 2.34. The van der Waals surface area contributed by atoms with Crippen LogP contribution in [-0.4, -0.2) is 11.0 Å². The third-order valence-corrected chi connectivity index (χ3v) is 3.85. The summed E-state index contributed by atoms with van der Waals surface area (Å²) in [6, 6.07) is 4.32. The molecule has 2 aromatic rings. The van der Waals surface area contributed by atoms with Gasteiger partial charge in [0.15, 0.2) is 0 Å². The van der Waals surface area contributed by atoms with Crippen molar-refractivity contribution in [1.82, 2.24) is 4.98 Å². The number of aromatic amines is 1. The van der Waals surface area contributed by atoms with Crippen molar-refractivity contribution in [2.24, 2.45) is 5.73 Å². The van der Waals surface area contributed by atoms with E-state index in [1.165, 1.54) is 27.7 Å². The summed E-state index contributed by atoms with van der Waals surface area (Å²) in [5.74, 6) is 0. The average Bonchev–Trinajstić information content (AvgIpc) is 2.63. The summed E-state index contributed by atoms with van der Waals surface area (Å²) >= 11 is 6.29. The highest BCUT2D eigenvalue weighted by molar-refractivity contribution is 6.35. The van der Waals surface area contributed by atoms with Crippen molar-refractivity contribution in [2.45, 2.75) is 32.2 Å². The third kappa shape index (κ3) is 1.37. The molecule has 3 N–H and O–H groups in total. The Morgan fingerprint density at radius 2 is 2.25 bits per heavy atom. The Labute approximate surface area is 99.8 Å². The maximum absolute atomic E-state index is 6.29. The normalized spacial score (nSPS) is 20.1. The second kappa shape index (κ2) is 3.51. The molecule has 1 heterocycles. The molecule has 0 saturated heterocycles. The molecule has 1 unspecified atom stereocenters. The molecule has 0 amide bonds. The fraction of sp³-hybridized carbons (Fsp3) is 0.385. The lowest BCUT2D eigenvalue weighted by atomic mass is 9.92. The Morgan fingerprint density at radius 1 is 1.44 bits per heavy atom. The second-order valence-corrected chi connectivity index (χ2v) is 5.11. The van der Waals surface area contributed by atoms with Crippen LogP contribution < -0.4 is 5.73 Å². The predicted molar refractivity (Wildman–Crippen MR) is 68.0 cm³/mol. The summed E-state index contributed by atoms with van der Waals surface area (Å²) < 4.78 is 0. The molecule has 0 spiro atoms. The quantitative estimate of drug-likeness (QED) is 0.723. The molecule has 1 aliphatic rings. The first-order valence-electron chi connectivity index (χ1n) is 5.71. The standard InChI is InChI=1S/C13H15ClN2/c1-7-2-4-10(14)12-9-6-8(15)3-5-11(9)16-13(7)12/h2,4,8,16H,3,5-6,15H2,1H3. The van der Waals surface area contributed by atoms with Gasteiger partial charge in [0.25, 0.3) is 0 Å². The number of benzene rings is 1. The summed E-state index contributed by atoms with van der Waals surface area (Å²) in [7, 11) is 0. The first kappa shape index (κ1) is 10.2. The molecular weight excluding hydrogens is 220 g/mol. The van der Waals surface area contributed by atoms with Crippen molar-refractivity contribution >= 4 is 22.5 Å². The van der Waals surface area contributed by atoms with Gasteiger partial charge in [-0.3, -0.25) is 0 Å². The van der Waals surface area contributed by atoms with Crippen LogP contribution in [-0.2, 0) is 12.8 Å². The van der Waals surface area contributed by atoms with Gasteiger partial charge in [-0.25, -0.2) is 0 Å². The van der Waals surface area contributed by atoms with Gasteiger partial charge in [-0.05, 0) is 43.4 Å². The fourth-order valence-electron chi connectivity index (χ4n) is 2.65. The van der Waals surface area contributed by atoms with E-state index in [-0.39, 0.29) is 6.04 Å². The van der Waals surface area contributed by atoms with Crippen LogP contribution in [0.25, 0.3) is 10.9 Å². The first-order valence-corrected chi connectivity index (χ1v) is 6.08. The molecule has 0 fully saturated rings. The zero-order chi connectivity index (χ0) is 11.3. The Bertz CT molecular complexity index is 557. The maximum atomic E-state index is 6.29. The van der Waals surface area contributed by atoms with E-state index in [0.717, 1.165) is 24.3 Å². The van der Waals surface area contributed by atoms with Gasteiger partial charge in [0.05, 0.1) is 10.5 Å². The molecule has 1 aliphatic carbocycles. The predicted octanol–water partition coefficient (Wildman–Crippen LogP) is 2.95. The fourth-order valence-corrected chi connectivity index (χ4v) is 2.92. The van der Waals surface area contributed by atoms with Crippen molar-refractivity contribution in [3.05, 3.63) is 34.0 Å². The average molecular weight is 235 g/mol. The summed E-state index contributed by atoms with van der Waals surface area (Å²) in [5.41, 5.74) is 11.1. The van der Waals surface area contributed by atoms with Crippen LogP contribution in [0.3, 0.4) is 0 Å². The van der Waals surface area contributed by atoms with E-state index in [1.54, 1.807) is 0 Å². The molecular formula is C13H15ClN2. The highest BCUT2D eigenvalue weighted by atomic mass is 35.5. The highest BCUT2D eigenvalue weighted by Gasteiger charge is 2.21. The van der Waals surface area contributed by atoms with Crippen LogP contribution in [0.1, 0.15) is 23.2 Å². The molecule has 84 valence electrons. The number of nitrogens with one attached hydrogen (secondary N) is 1. The van der Waals surface area contributed by atoms with Gasteiger partial charge >= 0.3 is 0 Å². The Kier molecular flexibility index (Phi) is 2.23. The lowest BCUT2D eigenvalue weighted by Crippen LogP contribution is -2.27. The number of halogens is 1. The number of hydrogen-bond donors (Lipinski definition) is 2. The van der Waals surface area contributed by atoms with E-state index in [1.807, 2.05) is 6.07 Å². The molecule has 3 heteroatoms. The molecule has 1 aromatic carbocycles. The Morgan fingerprint density at radius 3 is 3.06 bits per heavy atom. The van der Waals surface area contributed by atoms with E-state index < -0.39 is 0 Å². The van der Waals surface area contributed by atoms with E-state index >= 15 is 0 Å². The molecule has 2 nitrogen and oxygen atoms in total. The van der Waals surface area contributed by atoms with Gasteiger partial charge in [0, 0.05) is 17.1 Å². The summed E-state index contributed by atoms with van der Waals surface area (Å²) in [4.78, 5) is 3.51. The summed E-state index contributed by atoms with van der Waals surface area (Å²) in [6.45, 7) is 2.11. The topological polar surface area (TPSA) is 41.8 Å². The number of nitrogens with two attached hydrogens (primary N) is 1. The van der Waals surface area contributed by atoms with Crippen molar-refractivity contribution in [2.75, 3.05) is 0 Å². The third-order valence-electron chi connectivity index (χ3n) is 3.54. The summed E-state index contributed by atoms with van der Waals surface area (Å²) in [6.07, 6.45) is 3.05. The molecule has 3 rings (SSSR count). The molecule has 0 bridgehead atoms. The SMILES string of the molecule is Cc1ccc(Cl)c2c3c([nH]c12)CCC(N)C3. The van der Waals surface area contributed by atoms with Gasteiger partial charge in [-0.2, -0.15) is 0 Å². The van der Waals surface area contributed by atoms with Crippen molar-refractivity contribution in [3.63, 3.8) is 0 Å². The zero-order valence-corrected chi connectivity index (χ0v) is 10.1. The van der Waals surface area contributed by atoms with Gasteiger partial charge in [0.2, 0.25) is 0 Å². The largest absolute Gasteiger partial charge is 0.358 e. The number of hydrogen-bond acceptors (Lipinski definition) is 1. The molecule has 0 radical (unpaired) electrons. The minimum absolute atomic E-state index is 0.281. The van der Waals surface area contributed by atoms with Crippen LogP contribution in [0.15, 0.2) is 12.1 Å². The molecule has 1 aromatic heterocycles. The monoisotopic (exact) mass is 234 g/mol. The van der Waals surface area contributed by atoms with Crippen molar-refractivity contribution in [3.8, 4) is 0 Å². The van der Waals surface area contributed by atoms with Gasteiger partial charge in [-0.15, -0.1) is 0 Å². The second-order valence-electron chi connectivity index (χ2n) is 4.70. The maximum Gasteiger partial charge on any atom is 0.0503 e. The lowest BCUT2D eigenvalue weighted by molar-refractivity contribution is 0.574. The van der Waals surface area contributed by atoms with Gasteiger partial charge in [0.1, 0.15) is 0 Å². The minimum Gasteiger partial charge on any atom is -0.358 e. The number of fused-ring (bicyclic) bond motifs is 3. The number of aromatic nitrogens is 1. The number of aryl methyl sites for hydroxylation is 2. The molecule has 0 saturated carbocycles. The zero-order valence-electron chi connectivity index (χ0n) is 9.31.